The first kappa shape index (κ1) is 21.8. The van der Waals surface area contributed by atoms with Gasteiger partial charge in [-0.3, -0.25) is 14.5 Å². The molecule has 5 nitrogen and oxygen atoms in total. The number of thioether (sulfide) groups is 1. The van der Waals surface area contributed by atoms with E-state index in [1.54, 1.807) is 11.8 Å². The zero-order chi connectivity index (χ0) is 21.5. The second kappa shape index (κ2) is 10.3. The van der Waals surface area contributed by atoms with Gasteiger partial charge in [0.1, 0.15) is 5.82 Å². The third kappa shape index (κ3) is 5.19. The number of nitrogen functional groups attached to an aromatic ring is 1. The quantitative estimate of drug-likeness (QED) is 0.310. The number of allylic oxidation sites excluding steroid dienone is 1. The van der Waals surface area contributed by atoms with Crippen LogP contribution in [0.4, 0.5) is 5.82 Å². The maximum atomic E-state index is 6.69. The summed E-state index contributed by atoms with van der Waals surface area (Å²) in [6.45, 7) is 11.0. The number of benzene rings is 1. The normalized spacial score (nSPS) is 11.6. The number of nitrogens with zero attached hydrogens (tertiary/aromatic N) is 4. The fourth-order valence-electron chi connectivity index (χ4n) is 3.16. The molecule has 0 saturated heterocycles. The molecule has 0 saturated carbocycles. The largest absolute Gasteiger partial charge is 0.384 e. The molecule has 0 aliphatic heterocycles. The summed E-state index contributed by atoms with van der Waals surface area (Å²) in [5, 5.41) is 0.806. The molecular formula is C24H29N5S. The minimum atomic E-state index is 0.615. The molecule has 3 rings (SSSR count). The number of para-hydroxylation sites is 1. The summed E-state index contributed by atoms with van der Waals surface area (Å²) in [7, 11) is 0. The lowest BCUT2D eigenvalue weighted by Crippen LogP contribution is -2.24. The first-order valence-electron chi connectivity index (χ1n) is 10.2. The second-order valence-electron chi connectivity index (χ2n) is 7.32. The highest BCUT2D eigenvalue weighted by Gasteiger charge is 2.16. The maximum absolute atomic E-state index is 6.69. The van der Waals surface area contributed by atoms with Crippen LogP contribution in [0.3, 0.4) is 0 Å². The molecule has 2 aromatic heterocycles. The number of anilines is 1. The SMILES string of the molecule is C=C(C)c1c(N)n(-c2ccccc2)c(SCc2cncc(C)c2)nc1=NCCCC. The predicted octanol–water partition coefficient (Wildman–Crippen LogP) is 5.18. The van der Waals surface area contributed by atoms with E-state index in [4.69, 9.17) is 15.7 Å². The minimum Gasteiger partial charge on any atom is -0.384 e. The van der Waals surface area contributed by atoms with Crippen LogP contribution in [0.25, 0.3) is 11.3 Å². The van der Waals surface area contributed by atoms with Gasteiger partial charge in [-0.2, -0.15) is 0 Å². The van der Waals surface area contributed by atoms with Gasteiger partial charge in [0, 0.05) is 30.4 Å². The summed E-state index contributed by atoms with van der Waals surface area (Å²) in [6, 6.07) is 12.2. The highest BCUT2D eigenvalue weighted by molar-refractivity contribution is 7.98. The summed E-state index contributed by atoms with van der Waals surface area (Å²) >= 11 is 1.63. The van der Waals surface area contributed by atoms with E-state index in [0.29, 0.717) is 11.3 Å². The smallest absolute Gasteiger partial charge is 0.176 e. The van der Waals surface area contributed by atoms with Crippen molar-refractivity contribution in [1.82, 2.24) is 14.5 Å². The Balaban J connectivity index is 2.14. The van der Waals surface area contributed by atoms with E-state index < -0.39 is 0 Å². The summed E-state index contributed by atoms with van der Waals surface area (Å²) in [5.74, 6) is 1.36. The Morgan fingerprint density at radius 1 is 1.23 bits per heavy atom. The number of pyridine rings is 1. The second-order valence-corrected chi connectivity index (χ2v) is 8.27. The van der Waals surface area contributed by atoms with Crippen molar-refractivity contribution in [2.45, 2.75) is 44.5 Å². The highest BCUT2D eigenvalue weighted by Crippen LogP contribution is 2.28. The molecule has 3 aromatic rings. The number of aryl methyl sites for hydroxylation is 1. The van der Waals surface area contributed by atoms with Crippen molar-refractivity contribution in [2.24, 2.45) is 4.99 Å². The Hall–Kier alpha value is -2.86. The minimum absolute atomic E-state index is 0.615. The van der Waals surface area contributed by atoms with Crippen LogP contribution in [0.1, 0.15) is 43.4 Å². The molecule has 0 unspecified atom stereocenters. The van der Waals surface area contributed by atoms with Gasteiger partial charge in [0.15, 0.2) is 10.6 Å². The van der Waals surface area contributed by atoms with E-state index in [1.807, 2.05) is 61.1 Å². The fraction of sp³-hybridized carbons (Fsp3) is 0.292. The first-order chi connectivity index (χ1) is 14.5. The Morgan fingerprint density at radius 3 is 2.67 bits per heavy atom. The molecule has 0 bridgehead atoms. The van der Waals surface area contributed by atoms with Gasteiger partial charge >= 0.3 is 0 Å². The average Bonchev–Trinajstić information content (AvgIpc) is 2.72. The number of nitrogens with two attached hydrogens (primary N) is 1. The van der Waals surface area contributed by atoms with Crippen molar-refractivity contribution in [3.8, 4) is 5.69 Å². The highest BCUT2D eigenvalue weighted by atomic mass is 32.2. The van der Waals surface area contributed by atoms with Gasteiger partial charge in [-0.1, -0.05) is 56.0 Å². The van der Waals surface area contributed by atoms with Crippen molar-refractivity contribution >= 4 is 23.2 Å². The average molecular weight is 420 g/mol. The van der Waals surface area contributed by atoms with Crippen LogP contribution >= 0.6 is 11.8 Å². The number of hydrogen-bond acceptors (Lipinski definition) is 5. The third-order valence-electron chi connectivity index (χ3n) is 4.63. The lowest BCUT2D eigenvalue weighted by Gasteiger charge is -2.19. The van der Waals surface area contributed by atoms with Crippen molar-refractivity contribution < 1.29 is 0 Å². The number of unbranched alkanes of at least 4 members (excludes halogenated alkanes) is 1. The fourth-order valence-corrected chi connectivity index (χ4v) is 4.10. The molecule has 0 aliphatic carbocycles. The zero-order valence-corrected chi connectivity index (χ0v) is 18.7. The number of aromatic nitrogens is 3. The lowest BCUT2D eigenvalue weighted by molar-refractivity contribution is 0.757. The lowest BCUT2D eigenvalue weighted by atomic mass is 10.1. The Labute approximate surface area is 182 Å². The molecular weight excluding hydrogens is 390 g/mol. The van der Waals surface area contributed by atoms with Crippen LogP contribution in [-0.4, -0.2) is 21.1 Å². The Kier molecular flexibility index (Phi) is 7.46. The molecule has 0 atom stereocenters. The van der Waals surface area contributed by atoms with Crippen LogP contribution in [0, 0.1) is 6.92 Å². The van der Waals surface area contributed by atoms with Gasteiger partial charge in [0.2, 0.25) is 0 Å². The molecule has 30 heavy (non-hydrogen) atoms. The van der Waals surface area contributed by atoms with E-state index in [-0.39, 0.29) is 0 Å². The van der Waals surface area contributed by atoms with E-state index in [9.17, 15) is 0 Å². The summed E-state index contributed by atoms with van der Waals surface area (Å²) < 4.78 is 2.00. The van der Waals surface area contributed by atoms with Crippen LogP contribution < -0.4 is 11.2 Å². The summed E-state index contributed by atoms with van der Waals surface area (Å²) in [6.07, 6.45) is 5.86. The van der Waals surface area contributed by atoms with Gasteiger partial charge < -0.3 is 5.73 Å². The maximum Gasteiger partial charge on any atom is 0.176 e. The molecule has 0 amide bonds. The molecule has 156 valence electrons. The first-order valence-corrected chi connectivity index (χ1v) is 11.2. The standard InChI is InChI=1S/C24H29N5S/c1-5-6-12-27-23-21(17(2)3)22(25)29(20-10-8-7-9-11-20)24(28-23)30-16-19-13-18(4)14-26-15-19/h7-11,13-15H,2,5-6,12,16,25H2,1,3-4H3. The van der Waals surface area contributed by atoms with E-state index >= 15 is 0 Å². The number of hydrogen-bond donors (Lipinski definition) is 1. The van der Waals surface area contributed by atoms with Crippen molar-refractivity contribution in [3.63, 3.8) is 0 Å². The van der Waals surface area contributed by atoms with Gasteiger partial charge in [-0.05, 0) is 49.1 Å². The molecule has 2 heterocycles. The molecule has 6 heteroatoms. The van der Waals surface area contributed by atoms with Crippen molar-refractivity contribution in [2.75, 3.05) is 12.3 Å². The summed E-state index contributed by atoms with van der Waals surface area (Å²) in [4.78, 5) is 14.0. The van der Waals surface area contributed by atoms with Crippen LogP contribution in [0.2, 0.25) is 0 Å². The molecule has 0 fully saturated rings. The number of rotatable bonds is 8. The third-order valence-corrected chi connectivity index (χ3v) is 5.64. The topological polar surface area (TPSA) is 69.1 Å². The van der Waals surface area contributed by atoms with Gasteiger partial charge in [0.05, 0.1) is 5.56 Å². The van der Waals surface area contributed by atoms with Crippen LogP contribution in [0.15, 0.2) is 65.5 Å². The zero-order valence-electron chi connectivity index (χ0n) is 17.9. The summed E-state index contributed by atoms with van der Waals surface area (Å²) in [5.41, 5.74) is 12.3. The van der Waals surface area contributed by atoms with E-state index in [1.165, 1.54) is 0 Å². The van der Waals surface area contributed by atoms with Crippen LogP contribution in [0.5, 0.6) is 0 Å². The molecule has 1 aromatic carbocycles. The molecule has 2 N–H and O–H groups in total. The van der Waals surface area contributed by atoms with Crippen LogP contribution in [-0.2, 0) is 5.75 Å². The molecule has 0 aliphatic rings. The Morgan fingerprint density at radius 2 is 2.00 bits per heavy atom. The van der Waals surface area contributed by atoms with E-state index in [0.717, 1.165) is 58.2 Å². The monoisotopic (exact) mass is 419 g/mol. The van der Waals surface area contributed by atoms with Crippen molar-refractivity contribution in [1.29, 1.82) is 0 Å². The molecule has 0 spiro atoms. The Bertz CT molecular complexity index is 1090. The van der Waals surface area contributed by atoms with E-state index in [2.05, 4.69) is 24.6 Å². The van der Waals surface area contributed by atoms with Gasteiger partial charge in [-0.25, -0.2) is 4.98 Å². The van der Waals surface area contributed by atoms with Crippen molar-refractivity contribution in [3.05, 3.63) is 77.5 Å². The van der Waals surface area contributed by atoms with Gasteiger partial charge in [0.25, 0.3) is 0 Å². The predicted molar refractivity (Wildman–Crippen MR) is 127 cm³/mol. The molecule has 0 radical (unpaired) electrons. The van der Waals surface area contributed by atoms with Gasteiger partial charge in [-0.15, -0.1) is 0 Å².